The van der Waals surface area contributed by atoms with E-state index in [1.165, 1.54) is 18.2 Å². The third kappa shape index (κ3) is 4.94. The molecule has 0 aliphatic rings. The number of benzene rings is 1. The molecule has 0 bridgehead atoms. The summed E-state index contributed by atoms with van der Waals surface area (Å²) >= 11 is 5.80. The number of allylic oxidation sites excluding steroid dienone is 2. The minimum absolute atomic E-state index is 0.0489. The largest absolute Gasteiger partial charge is 0.402 e. The number of halogens is 2. The Labute approximate surface area is 140 Å². The van der Waals surface area contributed by atoms with Crippen LogP contribution in [0.5, 0.6) is 0 Å². The molecule has 0 aliphatic carbocycles. The van der Waals surface area contributed by atoms with Crippen LogP contribution in [0.4, 0.5) is 4.39 Å². The fraction of sp³-hybridized carbons (Fsp3) is 0.235. The number of primary amides is 1. The van der Waals surface area contributed by atoms with Crippen LogP contribution in [0, 0.1) is 5.82 Å². The molecular weight excluding hydrogens is 317 g/mol. The fourth-order valence-electron chi connectivity index (χ4n) is 2.11. The second kappa shape index (κ2) is 8.50. The van der Waals surface area contributed by atoms with Crippen molar-refractivity contribution in [3.8, 4) is 0 Å². The smallest absolute Gasteiger partial charge is 0.248 e. The molecule has 0 saturated heterocycles. The van der Waals surface area contributed by atoms with E-state index in [-0.39, 0.29) is 16.2 Å². The van der Waals surface area contributed by atoms with E-state index in [0.717, 1.165) is 0 Å². The third-order valence-corrected chi connectivity index (χ3v) is 3.58. The highest BCUT2D eigenvalue weighted by atomic mass is 35.5. The summed E-state index contributed by atoms with van der Waals surface area (Å²) in [5, 5.41) is 0.271. The lowest BCUT2D eigenvalue weighted by atomic mass is 9.91. The van der Waals surface area contributed by atoms with Crippen LogP contribution in [0.15, 0.2) is 47.7 Å². The highest BCUT2D eigenvalue weighted by Crippen LogP contribution is 2.31. The lowest BCUT2D eigenvalue weighted by Gasteiger charge is -2.16. The van der Waals surface area contributed by atoms with Crippen LogP contribution < -0.4 is 17.2 Å². The number of amides is 1. The minimum atomic E-state index is -0.695. The van der Waals surface area contributed by atoms with E-state index in [4.69, 9.17) is 28.8 Å². The van der Waals surface area contributed by atoms with E-state index < -0.39 is 11.7 Å². The average molecular weight is 338 g/mol. The van der Waals surface area contributed by atoms with Gasteiger partial charge in [0.15, 0.2) is 0 Å². The van der Waals surface area contributed by atoms with Crippen molar-refractivity contribution in [3.63, 3.8) is 0 Å². The van der Waals surface area contributed by atoms with Crippen molar-refractivity contribution in [2.45, 2.75) is 19.8 Å². The molecule has 0 spiro atoms. The van der Waals surface area contributed by atoms with Gasteiger partial charge in [0.05, 0.1) is 0 Å². The molecule has 0 unspecified atom stereocenters. The van der Waals surface area contributed by atoms with Gasteiger partial charge < -0.3 is 17.2 Å². The summed E-state index contributed by atoms with van der Waals surface area (Å²) in [6.07, 6.45) is 2.42. The minimum Gasteiger partial charge on any atom is -0.402 e. The molecule has 0 saturated carbocycles. The average Bonchev–Trinajstić information content (AvgIpc) is 2.50. The van der Waals surface area contributed by atoms with E-state index in [1.807, 2.05) is 6.92 Å². The standard InChI is InChI=1S/C17H21ClFN3O/c1-3-16(21)13(6-7-20)14(8-10(2)17(22)23)12-5-4-11(18)9-15(12)19/h4-5,8-9H,2-3,6-7,20-21H2,1H3,(H2,22,23)/b14-8-,16-13-. The monoisotopic (exact) mass is 337 g/mol. The maximum atomic E-state index is 14.4. The summed E-state index contributed by atoms with van der Waals surface area (Å²) < 4.78 is 14.4. The number of hydrogen-bond acceptors (Lipinski definition) is 3. The number of carbonyl (C=O) groups excluding carboxylic acids is 1. The number of hydrogen-bond donors (Lipinski definition) is 3. The first-order valence-electron chi connectivity index (χ1n) is 7.15. The highest BCUT2D eigenvalue weighted by Gasteiger charge is 2.16. The lowest BCUT2D eigenvalue weighted by Crippen LogP contribution is -2.13. The Morgan fingerprint density at radius 1 is 1.39 bits per heavy atom. The Morgan fingerprint density at radius 2 is 2.04 bits per heavy atom. The van der Waals surface area contributed by atoms with Gasteiger partial charge in [0.2, 0.25) is 5.91 Å². The molecule has 0 heterocycles. The van der Waals surface area contributed by atoms with Crippen LogP contribution in [-0.2, 0) is 4.79 Å². The van der Waals surface area contributed by atoms with E-state index in [0.29, 0.717) is 36.2 Å². The van der Waals surface area contributed by atoms with Gasteiger partial charge in [-0.3, -0.25) is 4.79 Å². The number of carbonyl (C=O) groups is 1. The first-order chi connectivity index (χ1) is 10.8. The maximum absolute atomic E-state index is 14.4. The van der Waals surface area contributed by atoms with Crippen molar-refractivity contribution in [2.75, 3.05) is 6.54 Å². The van der Waals surface area contributed by atoms with E-state index in [9.17, 15) is 9.18 Å². The van der Waals surface area contributed by atoms with Crippen LogP contribution >= 0.6 is 11.6 Å². The van der Waals surface area contributed by atoms with E-state index in [2.05, 4.69) is 6.58 Å². The normalized spacial score (nSPS) is 12.8. The van der Waals surface area contributed by atoms with Gasteiger partial charge in [-0.1, -0.05) is 25.1 Å². The van der Waals surface area contributed by atoms with Gasteiger partial charge in [-0.2, -0.15) is 0 Å². The van der Waals surface area contributed by atoms with Gasteiger partial charge >= 0.3 is 0 Å². The van der Waals surface area contributed by atoms with E-state index in [1.54, 1.807) is 6.07 Å². The molecule has 6 N–H and O–H groups in total. The predicted octanol–water partition coefficient (Wildman–Crippen LogP) is 2.88. The van der Waals surface area contributed by atoms with Crippen molar-refractivity contribution in [2.24, 2.45) is 17.2 Å². The Balaban J connectivity index is 3.61. The lowest BCUT2D eigenvalue weighted by molar-refractivity contribution is -0.114. The van der Waals surface area contributed by atoms with Crippen LogP contribution in [0.1, 0.15) is 25.3 Å². The van der Waals surface area contributed by atoms with Crippen LogP contribution in [0.3, 0.4) is 0 Å². The molecule has 0 fully saturated rings. The zero-order chi connectivity index (χ0) is 17.6. The Hall–Kier alpha value is -2.11. The Morgan fingerprint density at radius 3 is 2.52 bits per heavy atom. The quantitative estimate of drug-likeness (QED) is 0.527. The molecular formula is C17H21ClFN3O. The van der Waals surface area contributed by atoms with Gasteiger partial charge in [-0.15, -0.1) is 0 Å². The van der Waals surface area contributed by atoms with Crippen molar-refractivity contribution in [1.82, 2.24) is 0 Å². The molecule has 23 heavy (non-hydrogen) atoms. The SMILES string of the molecule is C=C(/C=C(\C(CCN)=C(/N)CC)c1ccc(Cl)cc1F)C(N)=O. The Bertz CT molecular complexity index is 680. The van der Waals surface area contributed by atoms with Crippen molar-refractivity contribution >= 4 is 23.1 Å². The second-order valence-electron chi connectivity index (χ2n) is 4.97. The van der Waals surface area contributed by atoms with Gasteiger partial charge in [0.1, 0.15) is 5.82 Å². The maximum Gasteiger partial charge on any atom is 0.248 e. The van der Waals surface area contributed by atoms with Crippen LogP contribution in [-0.4, -0.2) is 12.5 Å². The highest BCUT2D eigenvalue weighted by molar-refractivity contribution is 6.30. The third-order valence-electron chi connectivity index (χ3n) is 3.34. The fourth-order valence-corrected chi connectivity index (χ4v) is 2.27. The summed E-state index contributed by atoms with van der Waals surface area (Å²) in [5.41, 5.74) is 18.9. The zero-order valence-electron chi connectivity index (χ0n) is 13.0. The second-order valence-corrected chi connectivity index (χ2v) is 5.40. The molecule has 1 aromatic rings. The molecule has 1 rings (SSSR count). The first-order valence-corrected chi connectivity index (χ1v) is 7.53. The molecule has 4 nitrogen and oxygen atoms in total. The molecule has 0 aliphatic heterocycles. The molecule has 6 heteroatoms. The summed E-state index contributed by atoms with van der Waals surface area (Å²) in [6, 6.07) is 4.28. The Kier molecular flexibility index (Phi) is 7.00. The van der Waals surface area contributed by atoms with Gasteiger partial charge in [0, 0.05) is 21.9 Å². The summed E-state index contributed by atoms with van der Waals surface area (Å²) in [6.45, 7) is 5.80. The van der Waals surface area contributed by atoms with Gasteiger partial charge in [-0.25, -0.2) is 4.39 Å². The molecule has 0 radical (unpaired) electrons. The van der Waals surface area contributed by atoms with Crippen LogP contribution in [0.2, 0.25) is 5.02 Å². The summed E-state index contributed by atoms with van der Waals surface area (Å²) in [7, 11) is 0. The molecule has 124 valence electrons. The molecule has 0 aromatic heterocycles. The zero-order valence-corrected chi connectivity index (χ0v) is 13.8. The molecule has 1 amide bonds. The molecule has 1 aromatic carbocycles. The number of nitrogens with two attached hydrogens (primary N) is 3. The van der Waals surface area contributed by atoms with Crippen molar-refractivity contribution in [3.05, 3.63) is 64.1 Å². The number of rotatable bonds is 7. The van der Waals surface area contributed by atoms with Crippen molar-refractivity contribution in [1.29, 1.82) is 0 Å². The topological polar surface area (TPSA) is 95.1 Å². The van der Waals surface area contributed by atoms with Crippen LogP contribution in [0.25, 0.3) is 5.57 Å². The van der Waals surface area contributed by atoms with Crippen molar-refractivity contribution < 1.29 is 9.18 Å². The molecule has 0 atom stereocenters. The summed E-state index contributed by atoms with van der Waals surface area (Å²) in [4.78, 5) is 11.3. The first kappa shape index (κ1) is 18.9. The van der Waals surface area contributed by atoms with Gasteiger partial charge in [-0.05, 0) is 54.8 Å². The van der Waals surface area contributed by atoms with E-state index >= 15 is 0 Å². The summed E-state index contributed by atoms with van der Waals surface area (Å²) in [5.74, 6) is -1.22. The van der Waals surface area contributed by atoms with Gasteiger partial charge in [0.25, 0.3) is 0 Å². The predicted molar refractivity (Wildman–Crippen MR) is 92.9 cm³/mol.